The van der Waals surface area contributed by atoms with Gasteiger partial charge >= 0.3 is 0 Å². The van der Waals surface area contributed by atoms with Crippen LogP contribution in [0.25, 0.3) is 0 Å². The highest BCUT2D eigenvalue weighted by Crippen LogP contribution is 2.31. The van der Waals surface area contributed by atoms with Crippen LogP contribution in [0.15, 0.2) is 24.5 Å². The second-order valence-corrected chi connectivity index (χ2v) is 6.20. The zero-order valence-corrected chi connectivity index (χ0v) is 13.1. The molecule has 0 spiro atoms. The number of hydrogen-bond acceptors (Lipinski definition) is 4. The van der Waals surface area contributed by atoms with Gasteiger partial charge in [0.2, 0.25) is 5.91 Å². The third kappa shape index (κ3) is 4.52. The van der Waals surface area contributed by atoms with E-state index in [9.17, 15) is 4.79 Å². The molecule has 1 amide bonds. The van der Waals surface area contributed by atoms with Crippen molar-refractivity contribution in [3.05, 3.63) is 30.1 Å². The van der Waals surface area contributed by atoms with E-state index in [1.54, 1.807) is 12.4 Å². The van der Waals surface area contributed by atoms with E-state index >= 15 is 0 Å². The predicted molar refractivity (Wildman–Crippen MR) is 84.3 cm³/mol. The van der Waals surface area contributed by atoms with Crippen LogP contribution in [0, 0.1) is 5.92 Å². The Bertz CT molecular complexity index is 470. The lowest BCUT2D eigenvalue weighted by Crippen LogP contribution is -2.39. The molecule has 22 heavy (non-hydrogen) atoms. The van der Waals surface area contributed by atoms with Crippen molar-refractivity contribution in [3.8, 4) is 0 Å². The van der Waals surface area contributed by atoms with Crippen molar-refractivity contribution in [2.24, 2.45) is 5.92 Å². The lowest BCUT2D eigenvalue weighted by atomic mass is 10.2. The minimum absolute atomic E-state index is 0.283. The normalized spacial score (nSPS) is 19.1. The average molecular weight is 303 g/mol. The summed E-state index contributed by atoms with van der Waals surface area (Å²) in [6, 6.07) is 3.99. The summed E-state index contributed by atoms with van der Waals surface area (Å²) in [6.07, 6.45) is 6.75. The number of hydrogen-bond donors (Lipinski definition) is 0. The molecular formula is C17H25N3O2. The number of morpholine rings is 1. The number of amides is 1. The molecule has 1 aromatic heterocycles. The molecule has 120 valence electrons. The molecule has 1 saturated carbocycles. The van der Waals surface area contributed by atoms with Crippen molar-refractivity contribution < 1.29 is 9.53 Å². The first-order chi connectivity index (χ1) is 10.8. The number of ether oxygens (including phenoxy) is 1. The third-order valence-corrected chi connectivity index (χ3v) is 4.37. The minimum Gasteiger partial charge on any atom is -0.379 e. The monoisotopic (exact) mass is 303 g/mol. The van der Waals surface area contributed by atoms with Gasteiger partial charge in [-0.3, -0.25) is 14.7 Å². The summed E-state index contributed by atoms with van der Waals surface area (Å²) in [7, 11) is 0. The molecule has 5 nitrogen and oxygen atoms in total. The Morgan fingerprint density at radius 2 is 2.00 bits per heavy atom. The van der Waals surface area contributed by atoms with Crippen molar-refractivity contribution in [2.45, 2.75) is 25.8 Å². The summed E-state index contributed by atoms with van der Waals surface area (Å²) >= 11 is 0. The van der Waals surface area contributed by atoms with E-state index in [0.29, 0.717) is 12.5 Å². The number of rotatable bonds is 7. The summed E-state index contributed by atoms with van der Waals surface area (Å²) in [5.41, 5.74) is 1.16. The molecule has 2 heterocycles. The van der Waals surface area contributed by atoms with Gasteiger partial charge in [-0.1, -0.05) is 0 Å². The third-order valence-electron chi connectivity index (χ3n) is 4.37. The van der Waals surface area contributed by atoms with Crippen molar-refractivity contribution in [3.63, 3.8) is 0 Å². The molecule has 0 atom stereocenters. The van der Waals surface area contributed by atoms with E-state index in [2.05, 4.69) is 9.88 Å². The summed E-state index contributed by atoms with van der Waals surface area (Å²) in [6.45, 7) is 6.30. The molecule has 1 aromatic rings. The van der Waals surface area contributed by atoms with Gasteiger partial charge in [0.1, 0.15) is 0 Å². The van der Waals surface area contributed by atoms with Crippen LogP contribution in [0.4, 0.5) is 0 Å². The van der Waals surface area contributed by atoms with Crippen LogP contribution in [0.1, 0.15) is 24.8 Å². The number of carbonyl (C=O) groups excluding carboxylic acids is 1. The van der Waals surface area contributed by atoms with Crippen LogP contribution in [0.5, 0.6) is 0 Å². The molecule has 0 bridgehead atoms. The van der Waals surface area contributed by atoms with Crippen LogP contribution in [-0.2, 0) is 16.1 Å². The average Bonchev–Trinajstić information content (AvgIpc) is 3.40. The quantitative estimate of drug-likeness (QED) is 0.766. The van der Waals surface area contributed by atoms with Crippen LogP contribution in [0.2, 0.25) is 0 Å². The van der Waals surface area contributed by atoms with E-state index in [-0.39, 0.29) is 5.92 Å². The van der Waals surface area contributed by atoms with E-state index in [4.69, 9.17) is 4.74 Å². The molecule has 0 N–H and O–H groups in total. The summed E-state index contributed by atoms with van der Waals surface area (Å²) in [4.78, 5) is 21.0. The molecule has 2 fully saturated rings. The Morgan fingerprint density at radius 1 is 1.27 bits per heavy atom. The lowest BCUT2D eigenvalue weighted by molar-refractivity contribution is -0.133. The fourth-order valence-electron chi connectivity index (χ4n) is 2.87. The molecule has 2 aliphatic rings. The van der Waals surface area contributed by atoms with Crippen molar-refractivity contribution in [1.82, 2.24) is 14.8 Å². The first kappa shape index (κ1) is 15.4. The maximum atomic E-state index is 12.5. The van der Waals surface area contributed by atoms with Gasteiger partial charge in [-0.05, 0) is 37.0 Å². The van der Waals surface area contributed by atoms with Gasteiger partial charge < -0.3 is 9.64 Å². The number of nitrogens with zero attached hydrogens (tertiary/aromatic N) is 3. The van der Waals surface area contributed by atoms with E-state index < -0.39 is 0 Å². The van der Waals surface area contributed by atoms with Gasteiger partial charge in [0.25, 0.3) is 0 Å². The molecule has 1 aliphatic carbocycles. The molecule has 3 rings (SSSR count). The van der Waals surface area contributed by atoms with Gasteiger partial charge in [-0.15, -0.1) is 0 Å². The highest BCUT2D eigenvalue weighted by molar-refractivity contribution is 5.81. The van der Waals surface area contributed by atoms with E-state index in [1.807, 2.05) is 17.0 Å². The molecule has 5 heteroatoms. The maximum absolute atomic E-state index is 12.5. The van der Waals surface area contributed by atoms with Crippen LogP contribution < -0.4 is 0 Å². The van der Waals surface area contributed by atoms with Crippen molar-refractivity contribution >= 4 is 5.91 Å². The molecule has 0 radical (unpaired) electrons. The first-order valence-electron chi connectivity index (χ1n) is 8.31. The zero-order valence-electron chi connectivity index (χ0n) is 13.1. The Labute approximate surface area is 132 Å². The Morgan fingerprint density at radius 3 is 2.68 bits per heavy atom. The highest BCUT2D eigenvalue weighted by Gasteiger charge is 2.33. The zero-order chi connectivity index (χ0) is 15.2. The second-order valence-electron chi connectivity index (χ2n) is 6.20. The van der Waals surface area contributed by atoms with Crippen LogP contribution in [-0.4, -0.2) is 60.1 Å². The summed E-state index contributed by atoms with van der Waals surface area (Å²) in [5.74, 6) is 0.615. The SMILES string of the molecule is O=C(C1CC1)N(CCCN1CCOCC1)Cc1ccncc1. The lowest BCUT2D eigenvalue weighted by Gasteiger charge is -2.28. The van der Waals surface area contributed by atoms with Crippen LogP contribution >= 0.6 is 0 Å². The largest absolute Gasteiger partial charge is 0.379 e. The first-order valence-corrected chi connectivity index (χ1v) is 8.31. The fraction of sp³-hybridized carbons (Fsp3) is 0.647. The number of aromatic nitrogens is 1. The molecule has 0 aromatic carbocycles. The fourth-order valence-corrected chi connectivity index (χ4v) is 2.87. The van der Waals surface area contributed by atoms with Crippen LogP contribution in [0.3, 0.4) is 0 Å². The Hall–Kier alpha value is -1.46. The second kappa shape index (κ2) is 7.70. The maximum Gasteiger partial charge on any atom is 0.225 e. The van der Waals surface area contributed by atoms with E-state index in [1.165, 1.54) is 0 Å². The smallest absolute Gasteiger partial charge is 0.225 e. The predicted octanol–water partition coefficient (Wildman–Crippen LogP) is 1.54. The van der Waals surface area contributed by atoms with Crippen molar-refractivity contribution in [2.75, 3.05) is 39.4 Å². The number of pyridine rings is 1. The topological polar surface area (TPSA) is 45.7 Å². The molecule has 1 saturated heterocycles. The van der Waals surface area contributed by atoms with Gasteiger partial charge in [0.15, 0.2) is 0 Å². The summed E-state index contributed by atoms with van der Waals surface area (Å²) < 4.78 is 5.37. The Kier molecular flexibility index (Phi) is 5.40. The van der Waals surface area contributed by atoms with E-state index in [0.717, 1.165) is 64.2 Å². The summed E-state index contributed by atoms with van der Waals surface area (Å²) in [5, 5.41) is 0. The molecular weight excluding hydrogens is 278 g/mol. The molecule has 1 aliphatic heterocycles. The number of carbonyl (C=O) groups is 1. The Balaban J connectivity index is 1.50. The minimum atomic E-state index is 0.283. The van der Waals surface area contributed by atoms with Crippen molar-refractivity contribution in [1.29, 1.82) is 0 Å². The van der Waals surface area contributed by atoms with Gasteiger partial charge in [-0.2, -0.15) is 0 Å². The van der Waals surface area contributed by atoms with Gasteiger partial charge in [0, 0.05) is 51.0 Å². The molecule has 0 unspecified atom stereocenters. The van der Waals surface area contributed by atoms with Gasteiger partial charge in [-0.25, -0.2) is 0 Å². The standard InChI is InChI=1S/C17H25N3O2/c21-17(16-2-3-16)20(14-15-4-6-18-7-5-15)9-1-8-19-10-12-22-13-11-19/h4-7,16H,1-3,8-14H2. The highest BCUT2D eigenvalue weighted by atomic mass is 16.5. The van der Waals surface area contributed by atoms with Gasteiger partial charge in [0.05, 0.1) is 13.2 Å².